The molecule has 0 saturated heterocycles. The van der Waals surface area contributed by atoms with Crippen LogP contribution in [0.3, 0.4) is 0 Å². The highest BCUT2D eigenvalue weighted by molar-refractivity contribution is 6.74. The van der Waals surface area contributed by atoms with E-state index in [-0.39, 0.29) is 29.2 Å². The number of methoxy groups -OCH3 is 1. The lowest BCUT2D eigenvalue weighted by Crippen LogP contribution is -2.54. The maximum atomic E-state index is 13.6. The average molecular weight is 576 g/mol. The predicted octanol–water partition coefficient (Wildman–Crippen LogP) is 8.01. The Balaban J connectivity index is 1.52. The summed E-state index contributed by atoms with van der Waals surface area (Å²) in [6, 6.07) is 4.41. The summed E-state index contributed by atoms with van der Waals surface area (Å²) in [5, 5.41) is 10.4. The molecule has 5 rings (SSSR count). The fraction of sp³-hybridized carbons (Fsp3) is 0.600. The Morgan fingerprint density at radius 2 is 1.77 bits per heavy atom. The van der Waals surface area contributed by atoms with E-state index in [0.717, 1.165) is 55.3 Å². The molecule has 0 aliphatic heterocycles. The molecule has 2 aromatic heterocycles. The minimum absolute atomic E-state index is 0.0800. The lowest BCUT2D eigenvalue weighted by molar-refractivity contribution is -0.137. The zero-order valence-electron chi connectivity index (χ0n) is 24.8. The monoisotopic (exact) mass is 575 g/mol. The standard InChI is InChI=1S/C30H40F3N3O3Si/c1-18-12-19(30(31,32)33)13-25(38-17-37-6)26(18)23-14-22-21-10-9-11-24(21)36(27(22)35-34-23)20-15-29(5,16-20)39-40(7,8)28(2,3)4/h12-14,20H,9-11,15-17H2,1-8H3. The lowest BCUT2D eigenvalue weighted by atomic mass is 9.77. The van der Waals surface area contributed by atoms with Crippen molar-refractivity contribution in [1.29, 1.82) is 0 Å². The fourth-order valence-electron chi connectivity index (χ4n) is 6.17. The second-order valence-electron chi connectivity index (χ2n) is 13.2. The maximum absolute atomic E-state index is 13.6. The molecule has 218 valence electrons. The Morgan fingerprint density at radius 1 is 1.07 bits per heavy atom. The Hall–Kier alpha value is -2.43. The van der Waals surface area contributed by atoms with Crippen LogP contribution in [0.2, 0.25) is 18.1 Å². The molecule has 2 heterocycles. The maximum Gasteiger partial charge on any atom is 0.416 e. The molecule has 2 aliphatic carbocycles. The molecule has 0 atom stereocenters. The molecule has 0 amide bonds. The van der Waals surface area contributed by atoms with Gasteiger partial charge in [0.2, 0.25) is 0 Å². The fourth-order valence-corrected chi connectivity index (χ4v) is 7.87. The molecule has 1 aromatic carbocycles. The highest BCUT2D eigenvalue weighted by Gasteiger charge is 2.50. The summed E-state index contributed by atoms with van der Waals surface area (Å²) in [6.07, 6.45) is 0.364. The number of benzene rings is 1. The summed E-state index contributed by atoms with van der Waals surface area (Å²) < 4.78 is 60.5. The van der Waals surface area contributed by atoms with Gasteiger partial charge in [0.25, 0.3) is 0 Å². The van der Waals surface area contributed by atoms with Gasteiger partial charge in [0.05, 0.1) is 16.9 Å². The smallest absolute Gasteiger partial charge is 0.416 e. The van der Waals surface area contributed by atoms with Crippen LogP contribution in [0.25, 0.3) is 22.3 Å². The average Bonchev–Trinajstić information content (AvgIpc) is 3.40. The molecule has 0 bridgehead atoms. The van der Waals surface area contributed by atoms with Gasteiger partial charge in [-0.3, -0.25) is 0 Å². The van der Waals surface area contributed by atoms with Crippen LogP contribution in [-0.4, -0.2) is 42.6 Å². The van der Waals surface area contributed by atoms with Gasteiger partial charge < -0.3 is 18.5 Å². The van der Waals surface area contributed by atoms with Gasteiger partial charge in [-0.25, -0.2) is 0 Å². The number of fused-ring (bicyclic) bond motifs is 3. The predicted molar refractivity (Wildman–Crippen MR) is 152 cm³/mol. The highest BCUT2D eigenvalue weighted by Crippen LogP contribution is 2.51. The van der Waals surface area contributed by atoms with E-state index in [9.17, 15) is 13.2 Å². The van der Waals surface area contributed by atoms with Gasteiger partial charge in [0.15, 0.2) is 20.8 Å². The Kier molecular flexibility index (Phi) is 7.15. The second-order valence-corrected chi connectivity index (χ2v) is 17.9. The summed E-state index contributed by atoms with van der Waals surface area (Å²) in [5.74, 6) is 0.0800. The number of rotatable bonds is 7. The summed E-state index contributed by atoms with van der Waals surface area (Å²) in [4.78, 5) is 0. The first-order valence-electron chi connectivity index (χ1n) is 14.0. The van der Waals surface area contributed by atoms with Gasteiger partial charge in [-0.15, -0.1) is 10.2 Å². The van der Waals surface area contributed by atoms with Crippen molar-refractivity contribution in [3.63, 3.8) is 0 Å². The van der Waals surface area contributed by atoms with Crippen molar-refractivity contribution in [2.45, 2.75) is 103 Å². The van der Waals surface area contributed by atoms with Crippen LogP contribution < -0.4 is 4.74 Å². The van der Waals surface area contributed by atoms with Crippen LogP contribution >= 0.6 is 0 Å². The zero-order chi connectivity index (χ0) is 29.3. The Bertz CT molecular complexity index is 1440. The molecule has 2 aliphatic rings. The first kappa shape index (κ1) is 29.1. The van der Waals surface area contributed by atoms with E-state index in [1.165, 1.54) is 18.4 Å². The summed E-state index contributed by atoms with van der Waals surface area (Å²) >= 11 is 0. The normalized spacial score (nSPS) is 21.5. The SMILES string of the molecule is COCOc1cc(C(F)(F)F)cc(C)c1-c1cc2c3c(n(C4CC(C)(O[Si](C)(C)C(C)(C)C)C4)c2nn1)CCC3. The third kappa shape index (κ3) is 5.07. The molecule has 40 heavy (non-hydrogen) atoms. The Labute approximate surface area is 235 Å². The van der Waals surface area contributed by atoms with Crippen LogP contribution in [0.5, 0.6) is 5.75 Å². The number of aromatic nitrogens is 3. The molecule has 6 nitrogen and oxygen atoms in total. The largest absolute Gasteiger partial charge is 0.467 e. The summed E-state index contributed by atoms with van der Waals surface area (Å²) in [6.45, 7) is 15.1. The molecule has 3 aromatic rings. The van der Waals surface area contributed by atoms with E-state index >= 15 is 0 Å². The minimum atomic E-state index is -4.49. The van der Waals surface area contributed by atoms with Gasteiger partial charge in [-0.2, -0.15) is 13.2 Å². The Morgan fingerprint density at radius 3 is 2.40 bits per heavy atom. The van der Waals surface area contributed by atoms with Gasteiger partial charge >= 0.3 is 6.18 Å². The first-order chi connectivity index (χ1) is 18.5. The van der Waals surface area contributed by atoms with E-state index in [2.05, 4.69) is 50.5 Å². The van der Waals surface area contributed by atoms with E-state index in [4.69, 9.17) is 19.0 Å². The van der Waals surface area contributed by atoms with Crippen molar-refractivity contribution in [2.24, 2.45) is 0 Å². The third-order valence-electron chi connectivity index (χ3n) is 9.03. The third-order valence-corrected chi connectivity index (χ3v) is 13.6. The first-order valence-corrected chi connectivity index (χ1v) is 16.9. The quantitative estimate of drug-likeness (QED) is 0.211. The van der Waals surface area contributed by atoms with E-state index < -0.39 is 20.1 Å². The molecular weight excluding hydrogens is 535 g/mol. The van der Waals surface area contributed by atoms with Gasteiger partial charge in [0, 0.05) is 29.8 Å². The summed E-state index contributed by atoms with van der Waals surface area (Å²) in [7, 11) is -0.477. The van der Waals surface area contributed by atoms with Crippen molar-refractivity contribution in [3.05, 3.63) is 40.6 Å². The van der Waals surface area contributed by atoms with Crippen LogP contribution in [-0.2, 0) is 28.2 Å². The van der Waals surface area contributed by atoms with Crippen molar-refractivity contribution in [2.75, 3.05) is 13.9 Å². The van der Waals surface area contributed by atoms with Crippen LogP contribution in [0.15, 0.2) is 18.2 Å². The van der Waals surface area contributed by atoms with E-state index in [0.29, 0.717) is 16.8 Å². The number of aryl methyl sites for hydroxylation is 2. The lowest BCUT2D eigenvalue weighted by Gasteiger charge is -2.52. The number of halogens is 3. The molecule has 0 N–H and O–H groups in total. The summed E-state index contributed by atoms with van der Waals surface area (Å²) in [5.41, 5.74) is 3.91. The van der Waals surface area contributed by atoms with Crippen LogP contribution in [0, 0.1) is 6.92 Å². The van der Waals surface area contributed by atoms with E-state index in [1.807, 2.05) is 6.07 Å². The number of alkyl halides is 3. The van der Waals surface area contributed by atoms with E-state index in [1.54, 1.807) is 6.92 Å². The second kappa shape index (κ2) is 9.84. The highest BCUT2D eigenvalue weighted by atomic mass is 28.4. The number of hydrogen-bond donors (Lipinski definition) is 0. The van der Waals surface area contributed by atoms with Gasteiger partial charge in [-0.05, 0) is 93.4 Å². The molecule has 0 radical (unpaired) electrons. The zero-order valence-corrected chi connectivity index (χ0v) is 25.8. The molecule has 1 fully saturated rings. The van der Waals surface area contributed by atoms with Crippen LogP contribution in [0.4, 0.5) is 13.2 Å². The molecule has 10 heteroatoms. The minimum Gasteiger partial charge on any atom is -0.467 e. The number of hydrogen-bond acceptors (Lipinski definition) is 5. The van der Waals surface area contributed by atoms with Gasteiger partial charge in [0.1, 0.15) is 5.75 Å². The van der Waals surface area contributed by atoms with Crippen molar-refractivity contribution in [3.8, 4) is 17.0 Å². The topological polar surface area (TPSA) is 58.4 Å². The van der Waals surface area contributed by atoms with Gasteiger partial charge in [-0.1, -0.05) is 20.8 Å². The van der Waals surface area contributed by atoms with Crippen LogP contribution in [0.1, 0.15) is 75.4 Å². The number of ether oxygens (including phenoxy) is 2. The molecule has 0 spiro atoms. The van der Waals surface area contributed by atoms with Crippen molar-refractivity contribution >= 4 is 19.4 Å². The molecule has 1 saturated carbocycles. The number of nitrogens with zero attached hydrogens (tertiary/aromatic N) is 3. The molecule has 0 unspecified atom stereocenters. The molecular formula is C30H40F3N3O3Si. The van der Waals surface area contributed by atoms with Crippen molar-refractivity contribution < 1.29 is 27.1 Å². The van der Waals surface area contributed by atoms with Crippen molar-refractivity contribution in [1.82, 2.24) is 14.8 Å².